The van der Waals surface area contributed by atoms with Crippen molar-refractivity contribution in [3.05, 3.63) is 51.7 Å². The molecule has 1 aromatic carbocycles. The summed E-state index contributed by atoms with van der Waals surface area (Å²) in [5, 5.41) is 9.15. The fourth-order valence-electron chi connectivity index (χ4n) is 2.43. The Bertz CT molecular complexity index is 1140. The van der Waals surface area contributed by atoms with Gasteiger partial charge in [-0.05, 0) is 38.1 Å². The molecule has 0 saturated heterocycles. The van der Waals surface area contributed by atoms with E-state index in [1.807, 2.05) is 32.0 Å². The van der Waals surface area contributed by atoms with Crippen molar-refractivity contribution in [3.63, 3.8) is 0 Å². The fraction of sp³-hybridized carbons (Fsp3) is 0.118. The summed E-state index contributed by atoms with van der Waals surface area (Å²) in [7, 11) is 0. The maximum absolute atomic E-state index is 12.4. The monoisotopic (exact) mass is 416 g/mol. The van der Waals surface area contributed by atoms with Gasteiger partial charge in [-0.3, -0.25) is 10.1 Å². The van der Waals surface area contributed by atoms with Crippen LogP contribution >= 0.6 is 34.3 Å². The molecule has 0 atom stereocenters. The van der Waals surface area contributed by atoms with E-state index in [4.69, 9.17) is 11.6 Å². The maximum atomic E-state index is 12.4. The number of nitrogens with zero attached hydrogens (tertiary/aromatic N) is 4. The van der Waals surface area contributed by atoms with Crippen LogP contribution in [-0.2, 0) is 0 Å². The molecule has 0 bridgehead atoms. The third-order valence-corrected chi connectivity index (χ3v) is 5.44. The highest BCUT2D eigenvalue weighted by atomic mass is 35.5. The molecule has 4 rings (SSSR count). The predicted molar refractivity (Wildman–Crippen MR) is 109 cm³/mol. The van der Waals surface area contributed by atoms with Gasteiger partial charge < -0.3 is 5.32 Å². The Morgan fingerprint density at radius 3 is 2.59 bits per heavy atom. The molecular formula is C17H13ClN6OS2. The summed E-state index contributed by atoms with van der Waals surface area (Å²) >= 11 is 8.65. The summed E-state index contributed by atoms with van der Waals surface area (Å²) in [4.78, 5) is 29.7. The smallest absolute Gasteiger partial charge is 0.276 e. The molecule has 7 nitrogen and oxygen atoms in total. The summed E-state index contributed by atoms with van der Waals surface area (Å²) in [6.07, 6.45) is 0. The van der Waals surface area contributed by atoms with Gasteiger partial charge in [-0.1, -0.05) is 22.9 Å². The van der Waals surface area contributed by atoms with E-state index in [0.29, 0.717) is 26.9 Å². The number of carbonyl (C=O) groups excluding carboxylic acids is 1. The summed E-state index contributed by atoms with van der Waals surface area (Å²) < 4.78 is 0.908. The van der Waals surface area contributed by atoms with Gasteiger partial charge in [0.25, 0.3) is 5.91 Å². The van der Waals surface area contributed by atoms with E-state index in [2.05, 4.69) is 30.6 Å². The highest BCUT2D eigenvalue weighted by Gasteiger charge is 2.14. The van der Waals surface area contributed by atoms with Crippen molar-refractivity contribution in [1.82, 2.24) is 19.9 Å². The molecule has 0 aliphatic heterocycles. The minimum Gasteiger partial charge on any atom is -0.300 e. The summed E-state index contributed by atoms with van der Waals surface area (Å²) in [6.45, 7) is 3.79. The van der Waals surface area contributed by atoms with E-state index in [1.165, 1.54) is 22.7 Å². The number of anilines is 3. The number of hydrogen-bond donors (Lipinski definition) is 2. The molecule has 0 aliphatic carbocycles. The third-order valence-electron chi connectivity index (χ3n) is 3.51. The highest BCUT2D eigenvalue weighted by Crippen LogP contribution is 2.29. The molecule has 3 heterocycles. The summed E-state index contributed by atoms with van der Waals surface area (Å²) in [5.41, 5.74) is 2.79. The second-order valence-corrected chi connectivity index (χ2v) is 8.05. The van der Waals surface area contributed by atoms with Gasteiger partial charge in [0.1, 0.15) is 5.69 Å². The molecular weight excluding hydrogens is 404 g/mol. The van der Waals surface area contributed by atoms with E-state index in [9.17, 15) is 4.79 Å². The first-order valence-corrected chi connectivity index (χ1v) is 9.96. The Balaban J connectivity index is 1.49. The van der Waals surface area contributed by atoms with Crippen molar-refractivity contribution in [3.8, 4) is 0 Å². The van der Waals surface area contributed by atoms with E-state index >= 15 is 0 Å². The first kappa shape index (κ1) is 17.8. The molecule has 10 heteroatoms. The SMILES string of the molecule is Cc1cc(C)nc(Nc2nc(C(=O)Nc3nc4ccc(Cl)cc4s3)cs2)n1. The average molecular weight is 417 g/mol. The lowest BCUT2D eigenvalue weighted by molar-refractivity contribution is 0.102. The van der Waals surface area contributed by atoms with Crippen LogP contribution in [0.5, 0.6) is 0 Å². The van der Waals surface area contributed by atoms with Crippen molar-refractivity contribution in [2.75, 3.05) is 10.6 Å². The van der Waals surface area contributed by atoms with E-state index in [1.54, 1.807) is 11.4 Å². The predicted octanol–water partition coefficient (Wildman–Crippen LogP) is 4.81. The standard InChI is InChI=1S/C17H13ClN6OS2/c1-8-5-9(2)20-15(19-8)24-16-22-12(7-26-16)14(25)23-17-21-11-4-3-10(18)6-13(11)27-17/h3-7H,1-2H3,(H,21,23,25)(H,19,20,22,24). The van der Waals surface area contributed by atoms with Crippen molar-refractivity contribution in [1.29, 1.82) is 0 Å². The van der Waals surface area contributed by atoms with Crippen molar-refractivity contribution >= 4 is 66.6 Å². The van der Waals surface area contributed by atoms with Crippen LogP contribution in [0.25, 0.3) is 10.2 Å². The molecule has 136 valence electrons. The van der Waals surface area contributed by atoms with Gasteiger partial charge in [0.2, 0.25) is 5.95 Å². The zero-order chi connectivity index (χ0) is 19.0. The lowest BCUT2D eigenvalue weighted by atomic mass is 10.3. The van der Waals surface area contributed by atoms with E-state index in [-0.39, 0.29) is 5.91 Å². The number of benzene rings is 1. The van der Waals surface area contributed by atoms with Gasteiger partial charge in [0.05, 0.1) is 10.2 Å². The van der Waals surface area contributed by atoms with Crippen LogP contribution in [-0.4, -0.2) is 25.8 Å². The molecule has 3 aromatic heterocycles. The number of nitrogens with one attached hydrogen (secondary N) is 2. The zero-order valence-electron chi connectivity index (χ0n) is 14.3. The van der Waals surface area contributed by atoms with Gasteiger partial charge in [0, 0.05) is 21.8 Å². The van der Waals surface area contributed by atoms with Crippen LogP contribution in [0.2, 0.25) is 5.02 Å². The van der Waals surface area contributed by atoms with Crippen LogP contribution in [0, 0.1) is 13.8 Å². The second-order valence-electron chi connectivity index (χ2n) is 5.72. The number of fused-ring (bicyclic) bond motifs is 1. The Hall–Kier alpha value is -2.62. The number of rotatable bonds is 4. The minimum absolute atomic E-state index is 0.296. The van der Waals surface area contributed by atoms with Gasteiger partial charge in [-0.2, -0.15) is 0 Å². The zero-order valence-corrected chi connectivity index (χ0v) is 16.7. The maximum Gasteiger partial charge on any atom is 0.276 e. The Kier molecular flexibility index (Phi) is 4.73. The lowest BCUT2D eigenvalue weighted by Crippen LogP contribution is -2.12. The molecule has 0 spiro atoms. The topological polar surface area (TPSA) is 92.7 Å². The molecule has 0 aliphatic rings. The van der Waals surface area contributed by atoms with Crippen LogP contribution in [0.3, 0.4) is 0 Å². The lowest BCUT2D eigenvalue weighted by Gasteiger charge is -2.03. The molecule has 4 aromatic rings. The third kappa shape index (κ3) is 4.05. The first-order chi connectivity index (χ1) is 13.0. The Morgan fingerprint density at radius 1 is 1.04 bits per heavy atom. The van der Waals surface area contributed by atoms with Gasteiger partial charge in [0.15, 0.2) is 10.3 Å². The Morgan fingerprint density at radius 2 is 1.81 bits per heavy atom. The molecule has 0 saturated carbocycles. The van der Waals surface area contributed by atoms with Crippen LogP contribution < -0.4 is 10.6 Å². The number of halogens is 1. The van der Waals surface area contributed by atoms with Crippen molar-refractivity contribution < 1.29 is 4.79 Å². The molecule has 1 amide bonds. The molecule has 27 heavy (non-hydrogen) atoms. The largest absolute Gasteiger partial charge is 0.300 e. The normalized spacial score (nSPS) is 10.9. The quantitative estimate of drug-likeness (QED) is 0.496. The number of thiazole rings is 2. The van der Waals surface area contributed by atoms with Crippen LogP contribution in [0.4, 0.5) is 16.2 Å². The van der Waals surface area contributed by atoms with E-state index < -0.39 is 0 Å². The Labute approximate surface area is 167 Å². The molecule has 0 radical (unpaired) electrons. The number of hydrogen-bond acceptors (Lipinski definition) is 8. The fourth-order valence-corrected chi connectivity index (χ4v) is 4.25. The molecule has 0 fully saturated rings. The van der Waals surface area contributed by atoms with Crippen LogP contribution in [0.15, 0.2) is 29.6 Å². The van der Waals surface area contributed by atoms with Gasteiger partial charge in [-0.25, -0.2) is 19.9 Å². The van der Waals surface area contributed by atoms with Crippen LogP contribution in [0.1, 0.15) is 21.9 Å². The molecule has 0 unspecified atom stereocenters. The second kappa shape index (κ2) is 7.18. The van der Waals surface area contributed by atoms with Crippen molar-refractivity contribution in [2.45, 2.75) is 13.8 Å². The van der Waals surface area contributed by atoms with E-state index in [0.717, 1.165) is 21.6 Å². The number of aromatic nitrogens is 4. The molecule has 2 N–H and O–H groups in total. The number of aryl methyl sites for hydroxylation is 2. The minimum atomic E-state index is -0.328. The summed E-state index contributed by atoms with van der Waals surface area (Å²) in [6, 6.07) is 7.29. The highest BCUT2D eigenvalue weighted by molar-refractivity contribution is 7.22. The average Bonchev–Trinajstić information content (AvgIpc) is 3.20. The first-order valence-electron chi connectivity index (χ1n) is 7.88. The number of carbonyl (C=O) groups is 1. The summed E-state index contributed by atoms with van der Waals surface area (Å²) in [5.74, 6) is 0.127. The van der Waals surface area contributed by atoms with Gasteiger partial charge in [-0.15, -0.1) is 11.3 Å². The number of amides is 1. The van der Waals surface area contributed by atoms with Gasteiger partial charge >= 0.3 is 0 Å². The van der Waals surface area contributed by atoms with Crippen molar-refractivity contribution in [2.24, 2.45) is 0 Å².